The van der Waals surface area contributed by atoms with Crippen LogP contribution in [-0.4, -0.2) is 55.6 Å². The number of hydrogen-bond acceptors (Lipinski definition) is 3. The van der Waals surface area contributed by atoms with Crippen molar-refractivity contribution in [2.45, 2.75) is 26.6 Å². The van der Waals surface area contributed by atoms with Crippen molar-refractivity contribution in [2.24, 2.45) is 10.9 Å². The number of halogens is 3. The van der Waals surface area contributed by atoms with Gasteiger partial charge in [0.2, 0.25) is 10.0 Å². The molecule has 20 heavy (non-hydrogen) atoms. The van der Waals surface area contributed by atoms with Crippen molar-refractivity contribution < 1.29 is 21.6 Å². The fraction of sp³-hybridized carbons (Fsp3) is 0.727. The summed E-state index contributed by atoms with van der Waals surface area (Å²) < 4.78 is 62.2. The first-order valence-electron chi connectivity index (χ1n) is 6.01. The highest BCUT2D eigenvalue weighted by Crippen LogP contribution is 2.19. The molecule has 0 amide bonds. The minimum absolute atomic E-state index is 0.253. The van der Waals surface area contributed by atoms with E-state index in [1.807, 2.05) is 0 Å². The average molecular weight is 313 g/mol. The second kappa shape index (κ2) is 6.57. The molecule has 116 valence electrons. The monoisotopic (exact) mass is 313 g/mol. The van der Waals surface area contributed by atoms with E-state index in [2.05, 4.69) is 11.6 Å². The highest BCUT2D eigenvalue weighted by Gasteiger charge is 2.33. The maximum absolute atomic E-state index is 13.3. The summed E-state index contributed by atoms with van der Waals surface area (Å²) in [5.41, 5.74) is 0.278. The third-order valence-electron chi connectivity index (χ3n) is 2.70. The minimum Gasteiger partial charge on any atom is -0.319 e. The molecule has 0 N–H and O–H groups in total. The summed E-state index contributed by atoms with van der Waals surface area (Å²) in [5.74, 6) is -0.899. The Morgan fingerprint density at radius 2 is 2.00 bits per heavy atom. The van der Waals surface area contributed by atoms with E-state index in [4.69, 9.17) is 0 Å². The van der Waals surface area contributed by atoms with Crippen molar-refractivity contribution >= 4 is 16.4 Å². The molecule has 1 heterocycles. The molecule has 0 aliphatic carbocycles. The first-order chi connectivity index (χ1) is 9.13. The Morgan fingerprint density at radius 1 is 1.40 bits per heavy atom. The van der Waals surface area contributed by atoms with Crippen LogP contribution in [0.15, 0.2) is 17.3 Å². The van der Waals surface area contributed by atoms with E-state index in [-0.39, 0.29) is 18.2 Å². The standard InChI is InChI=1S/C11H18F3N3O2S/c1-8(2)11(14)15-6-16-7-20(18,19)17(4-9(16)3)5-10(12)13/h6,8,10-11H,3-5,7H2,1-2H3/b15-6-. The molecule has 1 saturated heterocycles. The number of hydrogen-bond donors (Lipinski definition) is 0. The summed E-state index contributed by atoms with van der Waals surface area (Å²) in [4.78, 5) is 4.75. The topological polar surface area (TPSA) is 53.0 Å². The van der Waals surface area contributed by atoms with Gasteiger partial charge in [-0.25, -0.2) is 26.6 Å². The fourth-order valence-electron chi connectivity index (χ4n) is 1.50. The Kier molecular flexibility index (Phi) is 5.58. The highest BCUT2D eigenvalue weighted by molar-refractivity contribution is 7.89. The van der Waals surface area contributed by atoms with Crippen LogP contribution in [0.2, 0.25) is 0 Å². The van der Waals surface area contributed by atoms with Crippen LogP contribution in [-0.2, 0) is 10.0 Å². The summed E-state index contributed by atoms with van der Waals surface area (Å²) in [6.07, 6.45) is -3.15. The van der Waals surface area contributed by atoms with Gasteiger partial charge in [-0.2, -0.15) is 4.31 Å². The number of sulfonamides is 1. The smallest absolute Gasteiger partial charge is 0.252 e. The molecule has 0 radical (unpaired) electrons. The lowest BCUT2D eigenvalue weighted by Crippen LogP contribution is -2.49. The molecular weight excluding hydrogens is 295 g/mol. The number of nitrogens with zero attached hydrogens (tertiary/aromatic N) is 3. The Labute approximate surface area is 116 Å². The van der Waals surface area contributed by atoms with Gasteiger partial charge in [-0.15, -0.1) is 0 Å². The van der Waals surface area contributed by atoms with Gasteiger partial charge >= 0.3 is 0 Å². The summed E-state index contributed by atoms with van der Waals surface area (Å²) in [7, 11) is -3.86. The van der Waals surface area contributed by atoms with Gasteiger partial charge in [0.15, 0.2) is 6.30 Å². The summed E-state index contributed by atoms with van der Waals surface area (Å²) >= 11 is 0. The molecule has 1 rings (SSSR count). The van der Waals surface area contributed by atoms with Gasteiger partial charge in [-0.1, -0.05) is 20.4 Å². The van der Waals surface area contributed by atoms with Crippen molar-refractivity contribution in [3.8, 4) is 0 Å². The molecule has 0 aromatic rings. The van der Waals surface area contributed by atoms with Crippen LogP contribution in [0.5, 0.6) is 0 Å². The molecule has 9 heteroatoms. The van der Waals surface area contributed by atoms with Gasteiger partial charge in [0.05, 0.1) is 19.4 Å². The molecule has 0 spiro atoms. The maximum atomic E-state index is 13.3. The van der Waals surface area contributed by atoms with Crippen LogP contribution in [0, 0.1) is 5.92 Å². The number of aliphatic imine (C=N–C) groups is 1. The lowest BCUT2D eigenvalue weighted by atomic mass is 10.2. The number of alkyl halides is 3. The first kappa shape index (κ1) is 17.0. The molecule has 1 aliphatic rings. The zero-order valence-electron chi connectivity index (χ0n) is 11.3. The van der Waals surface area contributed by atoms with Crippen molar-refractivity contribution in [1.82, 2.24) is 9.21 Å². The predicted octanol–water partition coefficient (Wildman–Crippen LogP) is 1.65. The maximum Gasteiger partial charge on any atom is 0.252 e. The van der Waals surface area contributed by atoms with E-state index in [0.717, 1.165) is 11.2 Å². The van der Waals surface area contributed by atoms with Crippen LogP contribution in [0.25, 0.3) is 0 Å². The first-order valence-corrected chi connectivity index (χ1v) is 7.62. The minimum atomic E-state index is -3.86. The van der Waals surface area contributed by atoms with E-state index in [0.29, 0.717) is 4.31 Å². The molecule has 0 aromatic heterocycles. The molecular formula is C11H18F3N3O2S. The predicted molar refractivity (Wildman–Crippen MR) is 70.6 cm³/mol. The van der Waals surface area contributed by atoms with Gasteiger partial charge in [-0.3, -0.25) is 0 Å². The van der Waals surface area contributed by atoms with Gasteiger partial charge in [0, 0.05) is 11.6 Å². The molecule has 1 atom stereocenters. The van der Waals surface area contributed by atoms with Gasteiger partial charge in [-0.05, 0) is 0 Å². The van der Waals surface area contributed by atoms with Crippen molar-refractivity contribution in [3.05, 3.63) is 12.3 Å². The lowest BCUT2D eigenvalue weighted by Gasteiger charge is -2.34. The van der Waals surface area contributed by atoms with Crippen LogP contribution in [0.1, 0.15) is 13.8 Å². The van der Waals surface area contributed by atoms with E-state index >= 15 is 0 Å². The normalized spacial score (nSPS) is 22.1. The van der Waals surface area contributed by atoms with Crippen LogP contribution in [0.4, 0.5) is 13.2 Å². The highest BCUT2D eigenvalue weighted by atomic mass is 32.2. The van der Waals surface area contributed by atoms with Gasteiger partial charge in [0.1, 0.15) is 5.88 Å². The quantitative estimate of drug-likeness (QED) is 0.440. The van der Waals surface area contributed by atoms with E-state index in [1.54, 1.807) is 13.8 Å². The molecule has 5 nitrogen and oxygen atoms in total. The SMILES string of the molecule is C=C1CN(CC(F)F)S(=O)(=O)CN1/C=N\C(F)C(C)C. The van der Waals surface area contributed by atoms with Crippen molar-refractivity contribution in [2.75, 3.05) is 19.0 Å². The molecule has 1 aliphatic heterocycles. The Morgan fingerprint density at radius 3 is 2.50 bits per heavy atom. The second-order valence-electron chi connectivity index (χ2n) is 4.84. The second-order valence-corrected chi connectivity index (χ2v) is 6.78. The van der Waals surface area contributed by atoms with Gasteiger partial charge < -0.3 is 4.90 Å². The third-order valence-corrected chi connectivity index (χ3v) is 4.37. The summed E-state index contributed by atoms with van der Waals surface area (Å²) in [6, 6.07) is 0. The Hall–Kier alpha value is -1.09. The third kappa shape index (κ3) is 4.48. The van der Waals surface area contributed by atoms with E-state index < -0.39 is 35.2 Å². The summed E-state index contributed by atoms with van der Waals surface area (Å²) in [5, 5.41) is 0. The molecule has 0 saturated carbocycles. The van der Waals surface area contributed by atoms with Crippen molar-refractivity contribution in [1.29, 1.82) is 0 Å². The largest absolute Gasteiger partial charge is 0.319 e. The average Bonchev–Trinajstić information content (AvgIpc) is 2.30. The van der Waals surface area contributed by atoms with E-state index in [1.165, 1.54) is 0 Å². The fourth-order valence-corrected chi connectivity index (χ4v) is 2.95. The lowest BCUT2D eigenvalue weighted by molar-refractivity contribution is 0.119. The van der Waals surface area contributed by atoms with E-state index in [9.17, 15) is 21.6 Å². The Bertz CT molecular complexity index is 479. The van der Waals surface area contributed by atoms with Crippen molar-refractivity contribution in [3.63, 3.8) is 0 Å². The number of rotatable bonds is 5. The molecule has 1 fully saturated rings. The van der Waals surface area contributed by atoms with Crippen LogP contribution in [0.3, 0.4) is 0 Å². The summed E-state index contributed by atoms with van der Waals surface area (Å²) in [6.45, 7) is 5.75. The van der Waals surface area contributed by atoms with Gasteiger partial charge in [0.25, 0.3) is 6.43 Å². The molecule has 1 unspecified atom stereocenters. The van der Waals surface area contributed by atoms with Crippen LogP contribution < -0.4 is 0 Å². The van der Waals surface area contributed by atoms with Crippen LogP contribution >= 0.6 is 0 Å². The zero-order chi connectivity index (χ0) is 15.5. The molecule has 0 aromatic carbocycles. The molecule has 0 bridgehead atoms. The zero-order valence-corrected chi connectivity index (χ0v) is 12.2. The Balaban J connectivity index is 2.78.